The molecule has 1 aromatic heterocycles. The van der Waals surface area contributed by atoms with Gasteiger partial charge in [-0.05, 0) is 48.9 Å². The van der Waals surface area contributed by atoms with Crippen molar-refractivity contribution in [3.8, 4) is 5.75 Å². The van der Waals surface area contributed by atoms with Crippen LogP contribution in [0.15, 0.2) is 77.2 Å². The standard InChI is InChI=1S/C25H21FN2O4/c1-2-31-21-10-6-4-8-19(21)27-25(30)24-23(18-7-3-5-9-20(18)32-24)28-22(29)15-16-11-13-17(26)14-12-16/h3-14H,2,15H2,1H3,(H,27,30)(H,28,29). The number of fused-ring (bicyclic) bond motifs is 1. The first-order valence-corrected chi connectivity index (χ1v) is 10.1. The van der Waals surface area contributed by atoms with Gasteiger partial charge in [0.05, 0.1) is 18.7 Å². The van der Waals surface area contributed by atoms with E-state index in [1.165, 1.54) is 12.1 Å². The maximum absolute atomic E-state index is 13.1. The summed E-state index contributed by atoms with van der Waals surface area (Å²) in [5.74, 6) is -0.745. The van der Waals surface area contributed by atoms with Crippen LogP contribution in [0.4, 0.5) is 15.8 Å². The van der Waals surface area contributed by atoms with Crippen LogP contribution in [0.5, 0.6) is 5.75 Å². The van der Waals surface area contributed by atoms with E-state index >= 15 is 0 Å². The largest absolute Gasteiger partial charge is 0.492 e. The summed E-state index contributed by atoms with van der Waals surface area (Å²) >= 11 is 0. The van der Waals surface area contributed by atoms with Gasteiger partial charge in [0.1, 0.15) is 22.8 Å². The van der Waals surface area contributed by atoms with Gasteiger partial charge in [-0.2, -0.15) is 0 Å². The van der Waals surface area contributed by atoms with Crippen LogP contribution < -0.4 is 15.4 Å². The molecule has 0 aliphatic rings. The number of hydrogen-bond donors (Lipinski definition) is 2. The molecule has 1 heterocycles. The maximum Gasteiger partial charge on any atom is 0.293 e. The van der Waals surface area contributed by atoms with E-state index in [-0.39, 0.29) is 29.6 Å². The molecule has 0 saturated carbocycles. The smallest absolute Gasteiger partial charge is 0.293 e. The minimum atomic E-state index is -0.523. The Balaban J connectivity index is 1.62. The van der Waals surface area contributed by atoms with Crippen molar-refractivity contribution in [3.05, 3.63) is 89.9 Å². The Kier molecular flexibility index (Phi) is 6.17. The zero-order chi connectivity index (χ0) is 22.5. The summed E-state index contributed by atoms with van der Waals surface area (Å²) < 4.78 is 24.5. The molecule has 0 spiro atoms. The minimum Gasteiger partial charge on any atom is -0.492 e. The highest BCUT2D eigenvalue weighted by Gasteiger charge is 2.23. The van der Waals surface area contributed by atoms with Crippen LogP contribution in [-0.2, 0) is 11.2 Å². The van der Waals surface area contributed by atoms with Crippen molar-refractivity contribution in [3.63, 3.8) is 0 Å². The van der Waals surface area contributed by atoms with Gasteiger partial charge in [-0.1, -0.05) is 36.4 Å². The normalized spacial score (nSPS) is 10.7. The van der Waals surface area contributed by atoms with Gasteiger partial charge in [0.25, 0.3) is 5.91 Å². The van der Waals surface area contributed by atoms with Crippen LogP contribution in [0.3, 0.4) is 0 Å². The molecular formula is C25H21FN2O4. The Morgan fingerprint density at radius 3 is 2.44 bits per heavy atom. The fourth-order valence-electron chi connectivity index (χ4n) is 3.33. The van der Waals surface area contributed by atoms with Crippen LogP contribution in [0, 0.1) is 5.82 Å². The van der Waals surface area contributed by atoms with E-state index in [2.05, 4.69) is 10.6 Å². The molecule has 2 N–H and O–H groups in total. The van der Waals surface area contributed by atoms with Crippen molar-refractivity contribution in [1.29, 1.82) is 0 Å². The molecule has 2 amide bonds. The molecule has 4 rings (SSSR count). The Morgan fingerprint density at radius 1 is 0.938 bits per heavy atom. The minimum absolute atomic E-state index is 0.0218. The predicted octanol–water partition coefficient (Wildman–Crippen LogP) is 5.40. The van der Waals surface area contributed by atoms with Crippen LogP contribution in [0.25, 0.3) is 11.0 Å². The number of benzene rings is 3. The number of carbonyl (C=O) groups is 2. The molecule has 0 atom stereocenters. The zero-order valence-electron chi connectivity index (χ0n) is 17.4. The summed E-state index contributed by atoms with van der Waals surface area (Å²) in [4.78, 5) is 25.8. The van der Waals surface area contributed by atoms with Gasteiger partial charge in [0.2, 0.25) is 11.7 Å². The summed E-state index contributed by atoms with van der Waals surface area (Å²) in [6.07, 6.45) is 0.0218. The highest BCUT2D eigenvalue weighted by atomic mass is 19.1. The Bertz CT molecular complexity index is 1260. The molecule has 0 bridgehead atoms. The number of carbonyl (C=O) groups excluding carboxylic acids is 2. The molecule has 7 heteroatoms. The van der Waals surface area contributed by atoms with E-state index in [4.69, 9.17) is 9.15 Å². The number of ether oxygens (including phenoxy) is 1. The molecule has 32 heavy (non-hydrogen) atoms. The first-order valence-electron chi connectivity index (χ1n) is 10.1. The highest BCUT2D eigenvalue weighted by Crippen LogP contribution is 2.32. The SMILES string of the molecule is CCOc1ccccc1NC(=O)c1oc2ccccc2c1NC(=O)Cc1ccc(F)cc1. The van der Waals surface area contributed by atoms with Crippen molar-refractivity contribution in [2.75, 3.05) is 17.2 Å². The molecule has 0 aliphatic heterocycles. The Morgan fingerprint density at radius 2 is 1.66 bits per heavy atom. The van der Waals surface area contributed by atoms with Gasteiger partial charge >= 0.3 is 0 Å². The van der Waals surface area contributed by atoms with Crippen molar-refractivity contribution in [2.24, 2.45) is 0 Å². The second kappa shape index (κ2) is 9.34. The number of amides is 2. The van der Waals surface area contributed by atoms with Gasteiger partial charge in [-0.15, -0.1) is 0 Å². The molecular weight excluding hydrogens is 411 g/mol. The number of hydrogen-bond acceptors (Lipinski definition) is 4. The average Bonchev–Trinajstić information content (AvgIpc) is 3.15. The topological polar surface area (TPSA) is 80.6 Å². The zero-order valence-corrected chi connectivity index (χ0v) is 17.4. The van der Waals surface area contributed by atoms with E-state index in [9.17, 15) is 14.0 Å². The van der Waals surface area contributed by atoms with Gasteiger partial charge in [-0.3, -0.25) is 9.59 Å². The van der Waals surface area contributed by atoms with Crippen molar-refractivity contribution < 1.29 is 23.1 Å². The van der Waals surface area contributed by atoms with E-state index in [0.717, 1.165) is 0 Å². The number of anilines is 2. The number of para-hydroxylation sites is 3. The van der Waals surface area contributed by atoms with Crippen LogP contribution in [-0.4, -0.2) is 18.4 Å². The quantitative estimate of drug-likeness (QED) is 0.410. The second-order valence-electron chi connectivity index (χ2n) is 7.04. The van der Waals surface area contributed by atoms with Gasteiger partial charge in [-0.25, -0.2) is 4.39 Å². The first-order chi connectivity index (χ1) is 15.5. The van der Waals surface area contributed by atoms with Gasteiger partial charge < -0.3 is 19.8 Å². The summed E-state index contributed by atoms with van der Waals surface area (Å²) in [6, 6.07) is 19.8. The molecule has 4 aromatic rings. The number of halogens is 1. The fraction of sp³-hybridized carbons (Fsp3) is 0.120. The fourth-order valence-corrected chi connectivity index (χ4v) is 3.33. The molecule has 3 aromatic carbocycles. The lowest BCUT2D eigenvalue weighted by molar-refractivity contribution is -0.115. The molecule has 162 valence electrons. The second-order valence-corrected chi connectivity index (χ2v) is 7.04. The molecule has 0 saturated heterocycles. The monoisotopic (exact) mass is 432 g/mol. The van der Waals surface area contributed by atoms with Crippen LogP contribution in [0.2, 0.25) is 0 Å². The molecule has 0 fully saturated rings. The maximum atomic E-state index is 13.1. The Labute approximate surface area is 184 Å². The average molecular weight is 432 g/mol. The predicted molar refractivity (Wildman–Crippen MR) is 121 cm³/mol. The molecule has 0 unspecified atom stereocenters. The van der Waals surface area contributed by atoms with Crippen LogP contribution in [0.1, 0.15) is 23.0 Å². The van der Waals surface area contributed by atoms with E-state index in [1.807, 2.05) is 13.0 Å². The highest BCUT2D eigenvalue weighted by molar-refractivity contribution is 6.15. The third kappa shape index (κ3) is 4.62. The summed E-state index contributed by atoms with van der Waals surface area (Å²) in [7, 11) is 0. The van der Waals surface area contributed by atoms with Crippen molar-refractivity contribution >= 4 is 34.2 Å². The first kappa shape index (κ1) is 21.1. The molecule has 0 radical (unpaired) electrons. The van der Waals surface area contributed by atoms with Crippen molar-refractivity contribution in [1.82, 2.24) is 0 Å². The molecule has 0 aliphatic carbocycles. The van der Waals surface area contributed by atoms with E-state index in [1.54, 1.807) is 54.6 Å². The number of rotatable bonds is 7. The third-order valence-corrected chi connectivity index (χ3v) is 4.78. The lowest BCUT2D eigenvalue weighted by atomic mass is 10.1. The van der Waals surface area contributed by atoms with Crippen LogP contribution >= 0.6 is 0 Å². The molecule has 6 nitrogen and oxygen atoms in total. The van der Waals surface area contributed by atoms with Crippen molar-refractivity contribution in [2.45, 2.75) is 13.3 Å². The number of nitrogens with one attached hydrogen (secondary N) is 2. The summed E-state index contributed by atoms with van der Waals surface area (Å²) in [5.41, 5.74) is 1.88. The van der Waals surface area contributed by atoms with Gasteiger partial charge in [0, 0.05) is 5.39 Å². The number of furan rings is 1. The summed E-state index contributed by atoms with van der Waals surface area (Å²) in [5, 5.41) is 6.18. The van der Waals surface area contributed by atoms with E-state index < -0.39 is 5.91 Å². The lowest BCUT2D eigenvalue weighted by Crippen LogP contribution is -2.18. The van der Waals surface area contributed by atoms with E-state index in [0.29, 0.717) is 34.6 Å². The summed E-state index contributed by atoms with van der Waals surface area (Å²) in [6.45, 7) is 2.30. The van der Waals surface area contributed by atoms with Gasteiger partial charge in [0.15, 0.2) is 0 Å². The Hall–Kier alpha value is -4.13. The lowest BCUT2D eigenvalue weighted by Gasteiger charge is -2.11. The third-order valence-electron chi connectivity index (χ3n) is 4.78.